The van der Waals surface area contributed by atoms with Crippen LogP contribution in [-0.2, 0) is 16.1 Å². The van der Waals surface area contributed by atoms with Crippen LogP contribution in [0.3, 0.4) is 0 Å². The van der Waals surface area contributed by atoms with Gasteiger partial charge < -0.3 is 10.4 Å². The molecular weight excluding hydrogens is 246 g/mol. The lowest BCUT2D eigenvalue weighted by molar-refractivity contribution is -0.137. The molecule has 2 atom stereocenters. The number of rotatable bonds is 4. The summed E-state index contributed by atoms with van der Waals surface area (Å²) in [7, 11) is 0. The molecule has 1 aliphatic rings. The number of hydrogen-bond donors (Lipinski definition) is 2. The summed E-state index contributed by atoms with van der Waals surface area (Å²) in [6.07, 6.45) is 5.67. The molecule has 0 aliphatic heterocycles. The second-order valence-corrected chi connectivity index (χ2v) is 5.25. The molecule has 6 nitrogen and oxygen atoms in total. The van der Waals surface area contributed by atoms with E-state index in [2.05, 4.69) is 17.3 Å². The minimum atomic E-state index is -0.956. The van der Waals surface area contributed by atoms with Crippen LogP contribution in [0.25, 0.3) is 0 Å². The standard InChI is InChI=1S/C13H19N3O3/c1-9-3-2-4-10(7-9)13(19)14-11-5-6-16(15-11)8-12(17)18/h5-6,9-10H,2-4,7-8H2,1H3,(H,17,18)(H,14,15,19)/t9-,10+/m0/s1. The number of aromatic nitrogens is 2. The maximum atomic E-state index is 12.1. The zero-order valence-electron chi connectivity index (χ0n) is 11.0. The molecular formula is C13H19N3O3. The Balaban J connectivity index is 1.91. The summed E-state index contributed by atoms with van der Waals surface area (Å²) in [6, 6.07) is 1.62. The number of amides is 1. The quantitative estimate of drug-likeness (QED) is 0.868. The van der Waals surface area contributed by atoms with Crippen LogP contribution in [-0.4, -0.2) is 26.8 Å². The van der Waals surface area contributed by atoms with Crippen LogP contribution < -0.4 is 5.32 Å². The lowest BCUT2D eigenvalue weighted by atomic mass is 9.82. The van der Waals surface area contributed by atoms with Crippen molar-refractivity contribution in [2.75, 3.05) is 5.32 Å². The molecule has 2 N–H and O–H groups in total. The fourth-order valence-corrected chi connectivity index (χ4v) is 2.56. The molecule has 1 amide bonds. The molecule has 19 heavy (non-hydrogen) atoms. The Bertz CT molecular complexity index is 469. The number of carboxylic acid groups (broad SMARTS) is 1. The van der Waals surface area contributed by atoms with Gasteiger partial charge >= 0.3 is 5.97 Å². The third-order valence-corrected chi connectivity index (χ3v) is 3.50. The van der Waals surface area contributed by atoms with Gasteiger partial charge in [-0.05, 0) is 18.8 Å². The smallest absolute Gasteiger partial charge is 0.325 e. The Morgan fingerprint density at radius 2 is 2.32 bits per heavy atom. The van der Waals surface area contributed by atoms with Gasteiger partial charge in [0.05, 0.1) is 0 Å². The molecule has 6 heteroatoms. The topological polar surface area (TPSA) is 84.2 Å². The van der Waals surface area contributed by atoms with E-state index in [0.717, 1.165) is 19.3 Å². The second-order valence-electron chi connectivity index (χ2n) is 5.25. The average Bonchev–Trinajstić information content (AvgIpc) is 2.75. The predicted molar refractivity (Wildman–Crippen MR) is 69.6 cm³/mol. The van der Waals surface area contributed by atoms with Crippen LogP contribution in [0.15, 0.2) is 12.3 Å². The first-order valence-electron chi connectivity index (χ1n) is 6.60. The van der Waals surface area contributed by atoms with Crippen LogP contribution in [0.2, 0.25) is 0 Å². The maximum Gasteiger partial charge on any atom is 0.325 e. The van der Waals surface area contributed by atoms with Crippen molar-refractivity contribution in [3.05, 3.63) is 12.3 Å². The van der Waals surface area contributed by atoms with Gasteiger partial charge in [-0.1, -0.05) is 19.8 Å². The molecule has 0 aromatic carbocycles. The van der Waals surface area contributed by atoms with Crippen LogP contribution in [0, 0.1) is 11.8 Å². The van der Waals surface area contributed by atoms with E-state index in [0.29, 0.717) is 11.7 Å². The van der Waals surface area contributed by atoms with E-state index in [-0.39, 0.29) is 18.4 Å². The van der Waals surface area contributed by atoms with Crippen molar-refractivity contribution < 1.29 is 14.7 Å². The van der Waals surface area contributed by atoms with E-state index >= 15 is 0 Å². The molecule has 2 rings (SSSR count). The highest BCUT2D eigenvalue weighted by Gasteiger charge is 2.25. The summed E-state index contributed by atoms with van der Waals surface area (Å²) in [6.45, 7) is 1.97. The molecule has 1 aliphatic carbocycles. The molecule has 1 fully saturated rings. The van der Waals surface area contributed by atoms with Gasteiger partial charge in [-0.3, -0.25) is 14.3 Å². The Labute approximate surface area is 111 Å². The average molecular weight is 265 g/mol. The number of anilines is 1. The second kappa shape index (κ2) is 5.86. The number of carboxylic acids is 1. The number of aliphatic carboxylic acids is 1. The fraction of sp³-hybridized carbons (Fsp3) is 0.615. The normalized spacial score (nSPS) is 23.0. The van der Waals surface area contributed by atoms with Gasteiger partial charge in [-0.25, -0.2) is 0 Å². The van der Waals surface area contributed by atoms with Crippen molar-refractivity contribution >= 4 is 17.7 Å². The zero-order valence-corrected chi connectivity index (χ0v) is 11.0. The number of nitrogens with zero attached hydrogens (tertiary/aromatic N) is 2. The highest BCUT2D eigenvalue weighted by molar-refractivity contribution is 5.91. The summed E-state index contributed by atoms with van der Waals surface area (Å²) in [5, 5.41) is 15.4. The van der Waals surface area contributed by atoms with Gasteiger partial charge in [0.15, 0.2) is 5.82 Å². The molecule has 104 valence electrons. The van der Waals surface area contributed by atoms with E-state index in [9.17, 15) is 9.59 Å². The largest absolute Gasteiger partial charge is 0.480 e. The van der Waals surface area contributed by atoms with Gasteiger partial charge in [0.25, 0.3) is 0 Å². The maximum absolute atomic E-state index is 12.1. The minimum Gasteiger partial charge on any atom is -0.480 e. The van der Waals surface area contributed by atoms with E-state index in [4.69, 9.17) is 5.11 Å². The summed E-state index contributed by atoms with van der Waals surface area (Å²) in [5.74, 6) is 0.0983. The monoisotopic (exact) mass is 265 g/mol. The molecule has 0 saturated heterocycles. The van der Waals surface area contributed by atoms with Crippen LogP contribution >= 0.6 is 0 Å². The van der Waals surface area contributed by atoms with Gasteiger partial charge in [0, 0.05) is 18.2 Å². The zero-order chi connectivity index (χ0) is 13.8. The Morgan fingerprint density at radius 1 is 1.53 bits per heavy atom. The van der Waals surface area contributed by atoms with Crippen molar-refractivity contribution in [3.8, 4) is 0 Å². The molecule has 1 heterocycles. The van der Waals surface area contributed by atoms with Gasteiger partial charge in [-0.2, -0.15) is 5.10 Å². The summed E-state index contributed by atoms with van der Waals surface area (Å²) in [4.78, 5) is 22.6. The van der Waals surface area contributed by atoms with Crippen molar-refractivity contribution in [3.63, 3.8) is 0 Å². The summed E-state index contributed by atoms with van der Waals surface area (Å²) in [5.41, 5.74) is 0. The highest BCUT2D eigenvalue weighted by atomic mass is 16.4. The molecule has 1 saturated carbocycles. The number of nitrogens with one attached hydrogen (secondary N) is 1. The summed E-state index contributed by atoms with van der Waals surface area (Å²) >= 11 is 0. The molecule has 1 aromatic heterocycles. The van der Waals surface area contributed by atoms with Crippen molar-refractivity contribution in [1.82, 2.24) is 9.78 Å². The molecule has 0 spiro atoms. The number of hydrogen-bond acceptors (Lipinski definition) is 3. The molecule has 0 unspecified atom stereocenters. The summed E-state index contributed by atoms with van der Waals surface area (Å²) < 4.78 is 1.29. The third kappa shape index (κ3) is 3.81. The number of carbonyl (C=O) groups excluding carboxylic acids is 1. The van der Waals surface area contributed by atoms with Crippen LogP contribution in [0.5, 0.6) is 0 Å². The molecule has 0 radical (unpaired) electrons. The van der Waals surface area contributed by atoms with Gasteiger partial charge in [-0.15, -0.1) is 0 Å². The van der Waals surface area contributed by atoms with Crippen LogP contribution in [0.1, 0.15) is 32.6 Å². The number of carbonyl (C=O) groups is 2. The molecule has 1 aromatic rings. The van der Waals surface area contributed by atoms with Crippen molar-refractivity contribution in [1.29, 1.82) is 0 Å². The predicted octanol–water partition coefficient (Wildman–Crippen LogP) is 1.73. The van der Waals surface area contributed by atoms with Crippen molar-refractivity contribution in [2.45, 2.75) is 39.2 Å². The van der Waals surface area contributed by atoms with E-state index < -0.39 is 5.97 Å². The molecule has 0 bridgehead atoms. The van der Waals surface area contributed by atoms with Crippen molar-refractivity contribution in [2.24, 2.45) is 11.8 Å². The first-order valence-corrected chi connectivity index (χ1v) is 6.60. The first kappa shape index (κ1) is 13.6. The Hall–Kier alpha value is -1.85. The Morgan fingerprint density at radius 3 is 3.00 bits per heavy atom. The fourth-order valence-electron chi connectivity index (χ4n) is 2.56. The Kier molecular flexibility index (Phi) is 4.19. The minimum absolute atomic E-state index is 0.00729. The lowest BCUT2D eigenvalue weighted by Gasteiger charge is -2.25. The first-order chi connectivity index (χ1) is 9.04. The van der Waals surface area contributed by atoms with Gasteiger partial charge in [0.1, 0.15) is 6.54 Å². The lowest BCUT2D eigenvalue weighted by Crippen LogP contribution is -2.27. The van der Waals surface area contributed by atoms with Crippen LogP contribution in [0.4, 0.5) is 5.82 Å². The van der Waals surface area contributed by atoms with E-state index in [1.165, 1.54) is 11.1 Å². The SMILES string of the molecule is C[C@H]1CCC[C@@H](C(=O)Nc2ccn(CC(=O)O)n2)C1. The van der Waals surface area contributed by atoms with E-state index in [1.54, 1.807) is 12.3 Å². The van der Waals surface area contributed by atoms with Gasteiger partial charge in [0.2, 0.25) is 5.91 Å². The van der Waals surface area contributed by atoms with E-state index in [1.807, 2.05) is 0 Å². The highest BCUT2D eigenvalue weighted by Crippen LogP contribution is 2.29. The third-order valence-electron chi connectivity index (χ3n) is 3.50.